The summed E-state index contributed by atoms with van der Waals surface area (Å²) in [5.74, 6) is 0.662. The van der Waals surface area contributed by atoms with E-state index in [9.17, 15) is 4.79 Å². The van der Waals surface area contributed by atoms with Crippen molar-refractivity contribution < 1.29 is 9.53 Å². The van der Waals surface area contributed by atoms with E-state index in [4.69, 9.17) is 4.74 Å². The molecule has 0 saturated carbocycles. The molecule has 0 aliphatic heterocycles. The average molecular weight is 357 g/mol. The molecule has 1 aromatic carbocycles. The fourth-order valence-corrected chi connectivity index (χ4v) is 2.11. The quantitative estimate of drug-likeness (QED) is 0.850. The van der Waals surface area contributed by atoms with Crippen LogP contribution in [0.4, 0.5) is 0 Å². The van der Waals surface area contributed by atoms with Gasteiger partial charge < -0.3 is 15.0 Å². The molecule has 0 fully saturated rings. The largest absolute Gasteiger partial charge is 0.483 e. The van der Waals surface area contributed by atoms with Gasteiger partial charge >= 0.3 is 0 Å². The number of likely N-dealkylation sites (N-methyl/N-ethyl adjacent to an activating group) is 1. The Hall–Kier alpha value is -1.07. The van der Waals surface area contributed by atoms with E-state index in [-0.39, 0.29) is 18.1 Å². The van der Waals surface area contributed by atoms with Gasteiger partial charge in [0.25, 0.3) is 5.91 Å². The zero-order chi connectivity index (χ0) is 16.0. The number of halogens is 1. The van der Waals surface area contributed by atoms with Crippen molar-refractivity contribution in [2.75, 3.05) is 20.2 Å². The molecule has 1 rings (SSSR count). The first-order chi connectivity index (χ1) is 9.73. The van der Waals surface area contributed by atoms with Crippen molar-refractivity contribution in [2.24, 2.45) is 0 Å². The number of hydrogen-bond donors (Lipinski definition) is 1. The second kappa shape index (κ2) is 7.80. The van der Waals surface area contributed by atoms with Gasteiger partial charge in [-0.15, -0.1) is 0 Å². The predicted octanol–water partition coefficient (Wildman–Crippen LogP) is 3.19. The van der Waals surface area contributed by atoms with E-state index in [0.717, 1.165) is 11.0 Å². The molecule has 1 amide bonds. The van der Waals surface area contributed by atoms with Crippen molar-refractivity contribution in [1.82, 2.24) is 10.2 Å². The third-order valence-corrected chi connectivity index (χ3v) is 3.69. The maximum absolute atomic E-state index is 11.7. The van der Waals surface area contributed by atoms with Crippen molar-refractivity contribution >= 4 is 21.8 Å². The summed E-state index contributed by atoms with van der Waals surface area (Å²) in [5, 5.41) is 3.44. The second-order valence-electron chi connectivity index (χ2n) is 6.06. The van der Waals surface area contributed by atoms with Gasteiger partial charge in [0.15, 0.2) is 6.61 Å². The Morgan fingerprint density at radius 1 is 1.38 bits per heavy atom. The van der Waals surface area contributed by atoms with E-state index in [1.54, 1.807) is 11.9 Å². The second-order valence-corrected chi connectivity index (χ2v) is 6.92. The van der Waals surface area contributed by atoms with E-state index in [0.29, 0.717) is 12.3 Å². The number of ether oxygens (including phenoxy) is 1. The van der Waals surface area contributed by atoms with Gasteiger partial charge in [-0.25, -0.2) is 0 Å². The summed E-state index contributed by atoms with van der Waals surface area (Å²) >= 11 is 3.49. The molecule has 4 nitrogen and oxygen atoms in total. The standard InChI is InChI=1S/C16H25BrN2O2/c1-6-19(5)15(20)11-21-14-8-7-12(9-13(14)17)10-18-16(2,3)4/h7-9,18H,6,10-11H2,1-5H3. The van der Waals surface area contributed by atoms with Crippen LogP contribution >= 0.6 is 15.9 Å². The van der Waals surface area contributed by atoms with Crippen LogP contribution in [0, 0.1) is 0 Å². The highest BCUT2D eigenvalue weighted by molar-refractivity contribution is 9.10. The van der Waals surface area contributed by atoms with Crippen LogP contribution in [0.3, 0.4) is 0 Å². The lowest BCUT2D eigenvalue weighted by molar-refractivity contribution is -0.131. The number of carbonyl (C=O) groups is 1. The van der Waals surface area contributed by atoms with Crippen molar-refractivity contribution in [3.05, 3.63) is 28.2 Å². The summed E-state index contributed by atoms with van der Waals surface area (Å²) in [5.41, 5.74) is 1.25. The first-order valence-electron chi connectivity index (χ1n) is 7.13. The summed E-state index contributed by atoms with van der Waals surface area (Å²) in [7, 11) is 1.77. The molecule has 0 radical (unpaired) electrons. The van der Waals surface area contributed by atoms with Crippen LogP contribution in [0.5, 0.6) is 5.75 Å². The van der Waals surface area contributed by atoms with Crippen LogP contribution in [0.25, 0.3) is 0 Å². The third kappa shape index (κ3) is 6.48. The molecule has 0 aromatic heterocycles. The van der Waals surface area contributed by atoms with Crippen molar-refractivity contribution in [2.45, 2.75) is 39.8 Å². The van der Waals surface area contributed by atoms with Gasteiger partial charge in [0.1, 0.15) is 5.75 Å². The molecular formula is C16H25BrN2O2. The summed E-state index contributed by atoms with van der Waals surface area (Å²) in [6.45, 7) is 9.87. The Bertz CT molecular complexity index is 484. The van der Waals surface area contributed by atoms with Gasteiger partial charge in [0, 0.05) is 25.7 Å². The molecule has 0 aliphatic carbocycles. The molecule has 0 bridgehead atoms. The molecule has 1 aromatic rings. The molecule has 0 spiro atoms. The van der Waals surface area contributed by atoms with Gasteiger partial charge in [0.05, 0.1) is 4.47 Å². The first-order valence-corrected chi connectivity index (χ1v) is 7.92. The predicted molar refractivity (Wildman–Crippen MR) is 89.5 cm³/mol. The molecule has 0 atom stereocenters. The number of carbonyl (C=O) groups excluding carboxylic acids is 1. The van der Waals surface area contributed by atoms with Crippen molar-refractivity contribution in [3.63, 3.8) is 0 Å². The van der Waals surface area contributed by atoms with E-state index in [2.05, 4.69) is 42.0 Å². The zero-order valence-corrected chi connectivity index (χ0v) is 15.1. The molecule has 0 unspecified atom stereocenters. The molecule has 1 N–H and O–H groups in total. The van der Waals surface area contributed by atoms with Gasteiger partial charge in [-0.2, -0.15) is 0 Å². The minimum absolute atomic E-state index is 0.0251. The normalized spacial score (nSPS) is 11.3. The van der Waals surface area contributed by atoms with Crippen LogP contribution in [0.1, 0.15) is 33.3 Å². The molecule has 0 heterocycles. The van der Waals surface area contributed by atoms with Gasteiger partial charge in [0.2, 0.25) is 0 Å². The summed E-state index contributed by atoms with van der Waals surface area (Å²) in [4.78, 5) is 13.3. The first kappa shape index (κ1) is 18.0. The van der Waals surface area contributed by atoms with Crippen LogP contribution in [0.2, 0.25) is 0 Å². The minimum Gasteiger partial charge on any atom is -0.483 e. The lowest BCUT2D eigenvalue weighted by Crippen LogP contribution is -2.35. The fraction of sp³-hybridized carbons (Fsp3) is 0.562. The Balaban J connectivity index is 2.60. The number of hydrogen-bond acceptors (Lipinski definition) is 3. The summed E-state index contributed by atoms with van der Waals surface area (Å²) < 4.78 is 6.43. The maximum Gasteiger partial charge on any atom is 0.260 e. The van der Waals surface area contributed by atoms with E-state index in [1.165, 1.54) is 5.56 Å². The van der Waals surface area contributed by atoms with Crippen molar-refractivity contribution in [1.29, 1.82) is 0 Å². The fourth-order valence-electron chi connectivity index (χ4n) is 1.56. The average Bonchev–Trinajstić information content (AvgIpc) is 2.42. The SMILES string of the molecule is CCN(C)C(=O)COc1ccc(CNC(C)(C)C)cc1Br. The van der Waals surface area contributed by atoms with E-state index in [1.807, 2.05) is 25.1 Å². The lowest BCUT2D eigenvalue weighted by Gasteiger charge is -2.21. The number of amides is 1. The smallest absolute Gasteiger partial charge is 0.260 e. The van der Waals surface area contributed by atoms with Crippen molar-refractivity contribution in [3.8, 4) is 5.75 Å². The molecule has 118 valence electrons. The topological polar surface area (TPSA) is 41.6 Å². The zero-order valence-electron chi connectivity index (χ0n) is 13.5. The Kier molecular flexibility index (Phi) is 6.68. The molecule has 21 heavy (non-hydrogen) atoms. The highest BCUT2D eigenvalue weighted by Crippen LogP contribution is 2.26. The van der Waals surface area contributed by atoms with Crippen LogP contribution in [-0.4, -0.2) is 36.5 Å². The molecular weight excluding hydrogens is 332 g/mol. The molecule has 0 saturated heterocycles. The Labute approximate surface area is 136 Å². The van der Waals surface area contributed by atoms with Crippen LogP contribution in [-0.2, 0) is 11.3 Å². The highest BCUT2D eigenvalue weighted by Gasteiger charge is 2.11. The molecule has 0 aliphatic rings. The van der Waals surface area contributed by atoms with Gasteiger partial charge in [-0.1, -0.05) is 6.07 Å². The van der Waals surface area contributed by atoms with Gasteiger partial charge in [-0.05, 0) is 61.3 Å². The van der Waals surface area contributed by atoms with Crippen LogP contribution in [0.15, 0.2) is 22.7 Å². The lowest BCUT2D eigenvalue weighted by atomic mass is 10.1. The Morgan fingerprint density at radius 2 is 2.05 bits per heavy atom. The number of rotatable bonds is 6. The number of nitrogens with one attached hydrogen (secondary N) is 1. The molecule has 5 heteroatoms. The summed E-state index contributed by atoms with van der Waals surface area (Å²) in [6.07, 6.45) is 0. The number of benzene rings is 1. The highest BCUT2D eigenvalue weighted by atomic mass is 79.9. The third-order valence-electron chi connectivity index (χ3n) is 3.07. The summed E-state index contributed by atoms with van der Waals surface area (Å²) in [6, 6.07) is 5.91. The van der Waals surface area contributed by atoms with Gasteiger partial charge in [-0.3, -0.25) is 4.79 Å². The maximum atomic E-state index is 11.7. The van der Waals surface area contributed by atoms with Crippen LogP contribution < -0.4 is 10.1 Å². The Morgan fingerprint density at radius 3 is 2.57 bits per heavy atom. The monoisotopic (exact) mass is 356 g/mol. The van der Waals surface area contributed by atoms with E-state index < -0.39 is 0 Å². The van der Waals surface area contributed by atoms with E-state index >= 15 is 0 Å². The number of nitrogens with zero attached hydrogens (tertiary/aromatic N) is 1. The minimum atomic E-state index is -0.0251.